The zero-order chi connectivity index (χ0) is 20.5. The van der Waals surface area contributed by atoms with E-state index < -0.39 is 0 Å². The van der Waals surface area contributed by atoms with Gasteiger partial charge in [0.1, 0.15) is 5.82 Å². The number of methoxy groups -OCH3 is 2. The number of hydrogen-bond acceptors (Lipinski definition) is 6. The summed E-state index contributed by atoms with van der Waals surface area (Å²) in [4.78, 5) is 9.34. The Morgan fingerprint density at radius 3 is 2.38 bits per heavy atom. The Morgan fingerprint density at radius 1 is 0.862 bits per heavy atom. The molecule has 2 aromatic carbocycles. The maximum absolute atomic E-state index is 5.39. The molecule has 0 aliphatic carbocycles. The molecule has 152 valence electrons. The normalized spacial score (nSPS) is 10.4. The largest absolute Gasteiger partial charge is 0.493 e. The topological polar surface area (TPSA) is 68.3 Å². The lowest BCUT2D eigenvalue weighted by atomic mass is 10.1. The van der Waals surface area contributed by atoms with Crippen molar-refractivity contribution in [3.63, 3.8) is 0 Å². The SMILES string of the molecule is CCCCNc1cc(-c2ccccc2)nc(NCc2ccc(OC)c(OC)c2)n1. The lowest BCUT2D eigenvalue weighted by Crippen LogP contribution is -2.09. The maximum atomic E-state index is 5.39. The highest BCUT2D eigenvalue weighted by molar-refractivity contribution is 5.64. The first-order chi connectivity index (χ1) is 14.2. The summed E-state index contributed by atoms with van der Waals surface area (Å²) in [6.45, 7) is 3.64. The minimum Gasteiger partial charge on any atom is -0.493 e. The highest BCUT2D eigenvalue weighted by Gasteiger charge is 2.08. The molecule has 0 aliphatic rings. The van der Waals surface area contributed by atoms with Gasteiger partial charge in [0.25, 0.3) is 0 Å². The summed E-state index contributed by atoms with van der Waals surface area (Å²) < 4.78 is 10.7. The fraction of sp³-hybridized carbons (Fsp3) is 0.304. The number of benzene rings is 2. The van der Waals surface area contributed by atoms with Gasteiger partial charge in [-0.25, -0.2) is 4.98 Å². The van der Waals surface area contributed by atoms with E-state index in [9.17, 15) is 0 Å². The van der Waals surface area contributed by atoms with Crippen LogP contribution in [0.4, 0.5) is 11.8 Å². The Labute approximate surface area is 172 Å². The van der Waals surface area contributed by atoms with Gasteiger partial charge < -0.3 is 20.1 Å². The van der Waals surface area contributed by atoms with Crippen molar-refractivity contribution >= 4 is 11.8 Å². The number of nitrogens with zero attached hydrogens (tertiary/aromatic N) is 2. The van der Waals surface area contributed by atoms with Crippen LogP contribution in [0.15, 0.2) is 54.6 Å². The maximum Gasteiger partial charge on any atom is 0.225 e. The molecule has 1 heterocycles. The molecule has 2 N–H and O–H groups in total. The molecule has 0 bridgehead atoms. The molecular weight excluding hydrogens is 364 g/mol. The third kappa shape index (κ3) is 5.60. The molecular formula is C23H28N4O2. The highest BCUT2D eigenvalue weighted by Crippen LogP contribution is 2.28. The van der Waals surface area contributed by atoms with Crippen LogP contribution in [-0.2, 0) is 6.54 Å². The van der Waals surface area contributed by atoms with Crippen molar-refractivity contribution in [1.29, 1.82) is 0 Å². The molecule has 0 amide bonds. The van der Waals surface area contributed by atoms with Crippen LogP contribution in [0, 0.1) is 0 Å². The van der Waals surface area contributed by atoms with Gasteiger partial charge in [0, 0.05) is 24.7 Å². The van der Waals surface area contributed by atoms with Crippen LogP contribution >= 0.6 is 0 Å². The number of rotatable bonds is 10. The van der Waals surface area contributed by atoms with Gasteiger partial charge in [0.05, 0.1) is 19.9 Å². The summed E-state index contributed by atoms with van der Waals surface area (Å²) in [5.41, 5.74) is 2.99. The van der Waals surface area contributed by atoms with Gasteiger partial charge in [-0.1, -0.05) is 49.7 Å². The summed E-state index contributed by atoms with van der Waals surface area (Å²) in [6, 6.07) is 18.0. The first-order valence-corrected chi connectivity index (χ1v) is 9.86. The summed E-state index contributed by atoms with van der Waals surface area (Å²) in [5.74, 6) is 2.82. The van der Waals surface area contributed by atoms with E-state index in [1.54, 1.807) is 14.2 Å². The van der Waals surface area contributed by atoms with Crippen molar-refractivity contribution in [3.8, 4) is 22.8 Å². The van der Waals surface area contributed by atoms with Crippen molar-refractivity contribution < 1.29 is 9.47 Å². The average Bonchev–Trinajstić information content (AvgIpc) is 2.78. The zero-order valence-corrected chi connectivity index (χ0v) is 17.2. The van der Waals surface area contributed by atoms with Crippen LogP contribution in [0.2, 0.25) is 0 Å². The number of nitrogens with one attached hydrogen (secondary N) is 2. The van der Waals surface area contributed by atoms with Crippen molar-refractivity contribution in [3.05, 3.63) is 60.2 Å². The predicted molar refractivity (Wildman–Crippen MR) is 118 cm³/mol. The molecule has 0 spiro atoms. The predicted octanol–water partition coefficient (Wildman–Crippen LogP) is 4.98. The second-order valence-corrected chi connectivity index (χ2v) is 6.65. The molecule has 0 aliphatic heterocycles. The molecule has 0 saturated heterocycles. The smallest absolute Gasteiger partial charge is 0.225 e. The second-order valence-electron chi connectivity index (χ2n) is 6.65. The van der Waals surface area contributed by atoms with E-state index in [-0.39, 0.29) is 0 Å². The first-order valence-electron chi connectivity index (χ1n) is 9.86. The summed E-state index contributed by atoms with van der Waals surface area (Å²) >= 11 is 0. The highest BCUT2D eigenvalue weighted by atomic mass is 16.5. The van der Waals surface area contributed by atoms with Gasteiger partial charge in [-0.05, 0) is 24.1 Å². The van der Waals surface area contributed by atoms with Crippen LogP contribution in [0.3, 0.4) is 0 Å². The van der Waals surface area contributed by atoms with E-state index in [1.165, 1.54) is 0 Å². The van der Waals surface area contributed by atoms with E-state index in [0.717, 1.165) is 42.0 Å². The van der Waals surface area contributed by atoms with Crippen molar-refractivity contribution in [2.45, 2.75) is 26.3 Å². The number of aromatic nitrogens is 2. The Kier molecular flexibility index (Phi) is 7.28. The molecule has 0 radical (unpaired) electrons. The molecule has 3 rings (SSSR count). The molecule has 0 atom stereocenters. The monoisotopic (exact) mass is 392 g/mol. The Balaban J connectivity index is 1.81. The van der Waals surface area contributed by atoms with E-state index in [0.29, 0.717) is 24.0 Å². The Hall–Kier alpha value is -3.28. The van der Waals surface area contributed by atoms with Gasteiger partial charge in [-0.2, -0.15) is 4.98 Å². The Morgan fingerprint density at radius 2 is 1.66 bits per heavy atom. The van der Waals surface area contributed by atoms with E-state index in [2.05, 4.69) is 34.7 Å². The summed E-state index contributed by atoms with van der Waals surface area (Å²) in [5, 5.41) is 6.73. The fourth-order valence-corrected chi connectivity index (χ4v) is 2.94. The molecule has 0 unspecified atom stereocenters. The van der Waals surface area contributed by atoms with Crippen molar-refractivity contribution in [2.75, 3.05) is 31.4 Å². The zero-order valence-electron chi connectivity index (χ0n) is 17.2. The van der Waals surface area contributed by atoms with Crippen molar-refractivity contribution in [1.82, 2.24) is 9.97 Å². The molecule has 3 aromatic rings. The van der Waals surface area contributed by atoms with E-state index in [4.69, 9.17) is 14.5 Å². The molecule has 29 heavy (non-hydrogen) atoms. The lowest BCUT2D eigenvalue weighted by Gasteiger charge is -2.13. The first kappa shape index (κ1) is 20.5. The van der Waals surface area contributed by atoms with Gasteiger partial charge in [-0.15, -0.1) is 0 Å². The lowest BCUT2D eigenvalue weighted by molar-refractivity contribution is 0.354. The van der Waals surface area contributed by atoms with Crippen LogP contribution in [0.1, 0.15) is 25.3 Å². The third-order valence-electron chi connectivity index (χ3n) is 4.53. The van der Waals surface area contributed by atoms with Gasteiger partial charge in [0.2, 0.25) is 5.95 Å². The van der Waals surface area contributed by atoms with Crippen LogP contribution in [0.5, 0.6) is 11.5 Å². The van der Waals surface area contributed by atoms with E-state index >= 15 is 0 Å². The van der Waals surface area contributed by atoms with Gasteiger partial charge in [-0.3, -0.25) is 0 Å². The standard InChI is InChI=1S/C23H28N4O2/c1-4-5-13-24-22-15-19(18-9-7-6-8-10-18)26-23(27-22)25-16-17-11-12-20(28-2)21(14-17)29-3/h6-12,14-15H,4-5,13,16H2,1-3H3,(H2,24,25,26,27). The molecule has 1 aromatic heterocycles. The Bertz CT molecular complexity index is 916. The van der Waals surface area contributed by atoms with Crippen LogP contribution in [0.25, 0.3) is 11.3 Å². The second kappa shape index (κ2) is 10.3. The number of unbranched alkanes of at least 4 members (excludes halogenated alkanes) is 1. The quantitative estimate of drug-likeness (QED) is 0.474. The summed E-state index contributed by atoms with van der Waals surface area (Å²) in [6.07, 6.45) is 2.23. The number of ether oxygens (including phenoxy) is 2. The minimum atomic E-state index is 0.576. The third-order valence-corrected chi connectivity index (χ3v) is 4.53. The fourth-order valence-electron chi connectivity index (χ4n) is 2.94. The van der Waals surface area contributed by atoms with Crippen LogP contribution < -0.4 is 20.1 Å². The van der Waals surface area contributed by atoms with Gasteiger partial charge >= 0.3 is 0 Å². The number of anilines is 2. The summed E-state index contributed by atoms with van der Waals surface area (Å²) in [7, 11) is 3.27. The van der Waals surface area contributed by atoms with Gasteiger partial charge in [0.15, 0.2) is 11.5 Å². The molecule has 0 saturated carbocycles. The minimum absolute atomic E-state index is 0.576. The van der Waals surface area contributed by atoms with Crippen LogP contribution in [-0.4, -0.2) is 30.7 Å². The average molecular weight is 393 g/mol. The molecule has 6 nitrogen and oxygen atoms in total. The molecule has 0 fully saturated rings. The number of hydrogen-bond donors (Lipinski definition) is 2. The van der Waals surface area contributed by atoms with E-state index in [1.807, 2.05) is 42.5 Å². The molecule has 6 heteroatoms. The van der Waals surface area contributed by atoms with Crippen molar-refractivity contribution in [2.24, 2.45) is 0 Å².